The van der Waals surface area contributed by atoms with Crippen LogP contribution in [0.2, 0.25) is 0 Å². The number of hydrogen-bond acceptors (Lipinski definition) is 6. The highest BCUT2D eigenvalue weighted by Crippen LogP contribution is 2.34. The van der Waals surface area contributed by atoms with E-state index >= 15 is 0 Å². The quantitative estimate of drug-likeness (QED) is 0.668. The summed E-state index contributed by atoms with van der Waals surface area (Å²) in [4.78, 5) is 12.5. The molecule has 1 N–H and O–H groups in total. The Balaban J connectivity index is 2.21. The minimum absolute atomic E-state index is 0.0204. The SMILES string of the molecule is C[S+]([O-])c1coc2cc(NS(C)(=O)=O)c(Oc3ccccc3)cc2c1=O. The third kappa shape index (κ3) is 4.01. The van der Waals surface area contributed by atoms with Crippen LogP contribution in [0.1, 0.15) is 0 Å². The van der Waals surface area contributed by atoms with Gasteiger partial charge in [0, 0.05) is 6.07 Å². The smallest absolute Gasteiger partial charge is 0.247 e. The fraction of sp³-hybridized carbons (Fsp3) is 0.118. The number of para-hydroxylation sites is 1. The van der Waals surface area contributed by atoms with Crippen LogP contribution in [0.3, 0.4) is 0 Å². The number of ether oxygens (including phenoxy) is 1. The van der Waals surface area contributed by atoms with Crippen LogP contribution in [-0.4, -0.2) is 25.5 Å². The van der Waals surface area contributed by atoms with Crippen molar-refractivity contribution in [3.8, 4) is 11.5 Å². The van der Waals surface area contributed by atoms with Crippen molar-refractivity contribution in [3.05, 3.63) is 59.0 Å². The molecular formula is C17H15NO6S2. The lowest BCUT2D eigenvalue weighted by Gasteiger charge is -2.13. The molecule has 26 heavy (non-hydrogen) atoms. The summed E-state index contributed by atoms with van der Waals surface area (Å²) < 4.78 is 48.4. The topological polar surface area (TPSA) is 109 Å². The molecule has 9 heteroatoms. The van der Waals surface area contributed by atoms with Crippen molar-refractivity contribution < 1.29 is 22.1 Å². The van der Waals surface area contributed by atoms with Gasteiger partial charge >= 0.3 is 0 Å². The Morgan fingerprint density at radius 1 is 1.19 bits per heavy atom. The van der Waals surface area contributed by atoms with Crippen molar-refractivity contribution in [3.63, 3.8) is 0 Å². The molecule has 0 fully saturated rings. The van der Waals surface area contributed by atoms with E-state index in [1.807, 2.05) is 0 Å². The molecule has 1 heterocycles. The second kappa shape index (κ2) is 7.02. The molecule has 1 unspecified atom stereocenters. The first kappa shape index (κ1) is 18.3. The van der Waals surface area contributed by atoms with Crippen molar-refractivity contribution in [2.24, 2.45) is 0 Å². The standard InChI is InChI=1S/C17H15NO6S2/c1-25(20)16-10-23-14-9-13(18-26(2,21)22)15(8-12(14)17(16)19)24-11-6-4-3-5-7-11/h3-10,18H,1-2H3. The Hall–Kier alpha value is -2.49. The van der Waals surface area contributed by atoms with E-state index in [1.54, 1.807) is 30.3 Å². The fourth-order valence-electron chi connectivity index (χ4n) is 2.32. The fourth-order valence-corrected chi connectivity index (χ4v) is 3.43. The molecule has 0 saturated carbocycles. The highest BCUT2D eigenvalue weighted by molar-refractivity contribution is 7.92. The van der Waals surface area contributed by atoms with Crippen LogP contribution < -0.4 is 14.9 Å². The van der Waals surface area contributed by atoms with E-state index in [2.05, 4.69) is 4.72 Å². The zero-order valence-corrected chi connectivity index (χ0v) is 15.5. The molecule has 2 aromatic carbocycles. The lowest BCUT2D eigenvalue weighted by molar-refractivity contribution is 0.484. The number of rotatable bonds is 5. The molecule has 3 aromatic rings. The van der Waals surface area contributed by atoms with Crippen molar-refractivity contribution in [1.82, 2.24) is 0 Å². The predicted molar refractivity (Wildman–Crippen MR) is 99.8 cm³/mol. The number of anilines is 1. The van der Waals surface area contributed by atoms with E-state index in [0.29, 0.717) is 5.75 Å². The highest BCUT2D eigenvalue weighted by Gasteiger charge is 2.19. The molecule has 3 rings (SSSR count). The average molecular weight is 393 g/mol. The Labute approximate surface area is 152 Å². The molecule has 0 aliphatic heterocycles. The average Bonchev–Trinajstić information content (AvgIpc) is 2.55. The van der Waals surface area contributed by atoms with Gasteiger partial charge in [0.2, 0.25) is 20.3 Å². The minimum Gasteiger partial charge on any atom is -0.611 e. The molecule has 0 saturated heterocycles. The number of fused-ring (bicyclic) bond motifs is 1. The van der Waals surface area contributed by atoms with Crippen LogP contribution in [0.25, 0.3) is 11.0 Å². The van der Waals surface area contributed by atoms with Crippen molar-refractivity contribution in [2.75, 3.05) is 17.2 Å². The number of benzene rings is 2. The zero-order valence-electron chi connectivity index (χ0n) is 13.9. The Morgan fingerprint density at radius 3 is 2.50 bits per heavy atom. The maximum Gasteiger partial charge on any atom is 0.247 e. The predicted octanol–water partition coefficient (Wildman–Crippen LogP) is 2.69. The van der Waals surface area contributed by atoms with Crippen molar-refractivity contribution in [1.29, 1.82) is 0 Å². The lowest BCUT2D eigenvalue weighted by atomic mass is 10.2. The molecule has 0 spiro atoms. The summed E-state index contributed by atoms with van der Waals surface area (Å²) >= 11 is -1.52. The van der Waals surface area contributed by atoms with Gasteiger partial charge in [0.05, 0.1) is 17.3 Å². The Bertz CT molecular complexity index is 1110. The number of nitrogens with one attached hydrogen (secondary N) is 1. The second-order valence-electron chi connectivity index (χ2n) is 5.52. The van der Waals surface area contributed by atoms with Crippen LogP contribution in [0.5, 0.6) is 11.5 Å². The maximum atomic E-state index is 12.5. The normalized spacial score (nSPS) is 12.7. The molecule has 1 aromatic heterocycles. The first-order valence-corrected chi connectivity index (χ1v) is 10.8. The van der Waals surface area contributed by atoms with E-state index in [1.165, 1.54) is 18.4 Å². The molecule has 7 nitrogen and oxygen atoms in total. The van der Waals surface area contributed by atoms with Crippen molar-refractivity contribution in [2.45, 2.75) is 4.90 Å². The van der Waals surface area contributed by atoms with Crippen LogP contribution in [0, 0.1) is 0 Å². The van der Waals surface area contributed by atoms with Crippen LogP contribution in [0.15, 0.2) is 62.8 Å². The summed E-state index contributed by atoms with van der Waals surface area (Å²) in [5, 5.41) is 0.141. The van der Waals surface area contributed by atoms with Gasteiger partial charge in [-0.25, -0.2) is 8.42 Å². The van der Waals surface area contributed by atoms with Crippen LogP contribution in [-0.2, 0) is 21.2 Å². The third-order valence-corrected chi connectivity index (χ3v) is 4.91. The summed E-state index contributed by atoms with van der Waals surface area (Å²) in [6, 6.07) is 11.4. The highest BCUT2D eigenvalue weighted by atomic mass is 32.2. The summed E-state index contributed by atoms with van der Waals surface area (Å²) in [5.74, 6) is 0.587. The number of sulfonamides is 1. The van der Waals surface area contributed by atoms with Gasteiger partial charge < -0.3 is 13.7 Å². The molecule has 1 atom stereocenters. The molecule has 0 bridgehead atoms. The molecule has 136 valence electrons. The summed E-state index contributed by atoms with van der Waals surface area (Å²) in [6.45, 7) is 0. The molecule has 0 radical (unpaired) electrons. The molecule has 0 aliphatic rings. The van der Waals surface area contributed by atoms with Gasteiger partial charge in [-0.15, -0.1) is 0 Å². The lowest BCUT2D eigenvalue weighted by Crippen LogP contribution is -2.14. The van der Waals surface area contributed by atoms with Gasteiger partial charge in [-0.3, -0.25) is 9.52 Å². The van der Waals surface area contributed by atoms with Gasteiger partial charge in [-0.1, -0.05) is 18.2 Å². The van der Waals surface area contributed by atoms with E-state index in [4.69, 9.17) is 9.15 Å². The molecular weight excluding hydrogens is 378 g/mol. The maximum absolute atomic E-state index is 12.5. The van der Waals surface area contributed by atoms with E-state index in [0.717, 1.165) is 12.5 Å². The van der Waals surface area contributed by atoms with Gasteiger partial charge in [-0.2, -0.15) is 0 Å². The van der Waals surface area contributed by atoms with Gasteiger partial charge in [0.15, 0.2) is 12.0 Å². The molecule has 0 aliphatic carbocycles. The summed E-state index contributed by atoms with van der Waals surface area (Å²) in [7, 11) is -3.59. The van der Waals surface area contributed by atoms with Crippen LogP contribution >= 0.6 is 0 Å². The minimum atomic E-state index is -3.59. The van der Waals surface area contributed by atoms with Gasteiger partial charge in [0.1, 0.15) is 17.6 Å². The largest absolute Gasteiger partial charge is 0.611 e. The van der Waals surface area contributed by atoms with E-state index < -0.39 is 26.6 Å². The van der Waals surface area contributed by atoms with Gasteiger partial charge in [-0.05, 0) is 29.4 Å². The van der Waals surface area contributed by atoms with E-state index in [-0.39, 0.29) is 27.3 Å². The first-order valence-electron chi connectivity index (χ1n) is 7.38. The Morgan fingerprint density at radius 2 is 1.88 bits per heavy atom. The second-order valence-corrected chi connectivity index (χ2v) is 8.61. The number of hydrogen-bond donors (Lipinski definition) is 1. The monoisotopic (exact) mass is 393 g/mol. The van der Waals surface area contributed by atoms with Crippen molar-refractivity contribution >= 4 is 37.9 Å². The van der Waals surface area contributed by atoms with Gasteiger partial charge in [0.25, 0.3) is 0 Å². The van der Waals surface area contributed by atoms with Crippen LogP contribution in [0.4, 0.5) is 5.69 Å². The van der Waals surface area contributed by atoms with E-state index in [9.17, 15) is 17.8 Å². The first-order chi connectivity index (χ1) is 12.2. The Kier molecular flexibility index (Phi) is 4.94. The molecule has 0 amide bonds. The summed E-state index contributed by atoms with van der Waals surface area (Å²) in [6.07, 6.45) is 3.49. The zero-order chi connectivity index (χ0) is 18.9. The third-order valence-electron chi connectivity index (χ3n) is 3.42. The summed E-state index contributed by atoms with van der Waals surface area (Å²) in [5.41, 5.74) is -0.191.